The van der Waals surface area contributed by atoms with E-state index in [4.69, 9.17) is 9.84 Å². The Morgan fingerprint density at radius 3 is 2.30 bits per heavy atom. The molecule has 0 aliphatic heterocycles. The zero-order valence-corrected chi connectivity index (χ0v) is 17.1. The molecule has 1 heterocycles. The number of carbonyl (C=O) groups is 1. The second-order valence-corrected chi connectivity index (χ2v) is 7.80. The Kier molecular flexibility index (Phi) is 6.09. The highest BCUT2D eigenvalue weighted by Crippen LogP contribution is 2.42. The number of carboxylic acids is 1. The molecule has 1 fully saturated rings. The van der Waals surface area contributed by atoms with Crippen molar-refractivity contribution in [2.45, 2.75) is 44.4 Å². The number of hydrogen-bond acceptors (Lipinski definition) is 4. The summed E-state index contributed by atoms with van der Waals surface area (Å²) >= 11 is 0. The first-order chi connectivity index (χ1) is 15.6. The highest BCUT2D eigenvalue weighted by atomic mass is 19.4. The van der Waals surface area contributed by atoms with Crippen LogP contribution in [0.4, 0.5) is 22.0 Å². The molecule has 4 rings (SSSR count). The maximum atomic E-state index is 14.4. The van der Waals surface area contributed by atoms with Gasteiger partial charge in [0.15, 0.2) is 17.4 Å². The van der Waals surface area contributed by atoms with Gasteiger partial charge in [0.1, 0.15) is 12.3 Å². The van der Waals surface area contributed by atoms with Crippen LogP contribution in [0, 0.1) is 11.6 Å². The summed E-state index contributed by atoms with van der Waals surface area (Å²) in [4.78, 5) is 10.6. The van der Waals surface area contributed by atoms with E-state index in [2.05, 4.69) is 9.68 Å². The van der Waals surface area contributed by atoms with Gasteiger partial charge in [0.2, 0.25) is 5.76 Å². The Bertz CT molecular complexity index is 1140. The van der Waals surface area contributed by atoms with Crippen LogP contribution in [0.1, 0.15) is 47.6 Å². The first-order valence-electron chi connectivity index (χ1n) is 10.1. The Balaban J connectivity index is 1.61. The molecule has 5 nitrogen and oxygen atoms in total. The SMILES string of the molecule is O=C(O)CCc1cc(F)c(OCc2c(-c3ccc(C4CC4)cc3)noc2C(F)(F)F)c(F)c1. The maximum absolute atomic E-state index is 14.4. The molecule has 0 atom stereocenters. The second kappa shape index (κ2) is 8.84. The molecule has 1 aliphatic rings. The quantitative estimate of drug-likeness (QED) is 0.405. The molecule has 1 aliphatic carbocycles. The molecule has 2 aromatic carbocycles. The largest absolute Gasteiger partial charge is 0.483 e. The normalized spacial score (nSPS) is 13.8. The number of rotatable bonds is 8. The van der Waals surface area contributed by atoms with E-state index >= 15 is 0 Å². The Hall–Kier alpha value is -3.43. The summed E-state index contributed by atoms with van der Waals surface area (Å²) < 4.78 is 78.7. The molecule has 174 valence electrons. The van der Waals surface area contributed by atoms with Crippen molar-refractivity contribution >= 4 is 5.97 Å². The van der Waals surface area contributed by atoms with E-state index in [-0.39, 0.29) is 24.1 Å². The fraction of sp³-hybridized carbons (Fsp3) is 0.304. The van der Waals surface area contributed by atoms with Crippen molar-refractivity contribution in [2.24, 2.45) is 0 Å². The molecule has 0 spiro atoms. The van der Waals surface area contributed by atoms with Crippen molar-refractivity contribution in [1.82, 2.24) is 5.16 Å². The standard InChI is InChI=1S/C23H18F5NO4/c24-17-9-12(1-8-19(30)31)10-18(25)21(17)32-11-16-20(29-33-22(16)23(26,27)28)15-6-4-14(5-7-15)13-2-3-13/h4-7,9-10,13H,1-3,8,11H2,(H,30,31). The average Bonchev–Trinajstić information content (AvgIpc) is 3.50. The van der Waals surface area contributed by atoms with Gasteiger partial charge >= 0.3 is 12.1 Å². The van der Waals surface area contributed by atoms with Crippen molar-refractivity contribution in [3.8, 4) is 17.0 Å². The van der Waals surface area contributed by atoms with Crippen molar-refractivity contribution in [3.05, 3.63) is 70.5 Å². The monoisotopic (exact) mass is 467 g/mol. The van der Waals surface area contributed by atoms with Gasteiger partial charge in [0, 0.05) is 12.0 Å². The molecule has 1 N–H and O–H groups in total. The van der Waals surface area contributed by atoms with Crippen LogP contribution in [0.15, 0.2) is 40.9 Å². The predicted octanol–water partition coefficient (Wildman–Crippen LogP) is 6.11. The molecule has 1 saturated carbocycles. The molecular formula is C23H18F5NO4. The Labute approximate surface area is 184 Å². The second-order valence-electron chi connectivity index (χ2n) is 7.80. The lowest BCUT2D eigenvalue weighted by atomic mass is 10.0. The maximum Gasteiger partial charge on any atom is 0.452 e. The van der Waals surface area contributed by atoms with Crippen molar-refractivity contribution in [3.63, 3.8) is 0 Å². The minimum atomic E-state index is -4.89. The summed E-state index contributed by atoms with van der Waals surface area (Å²) in [6, 6.07) is 8.61. The topological polar surface area (TPSA) is 72.6 Å². The van der Waals surface area contributed by atoms with Crippen LogP contribution < -0.4 is 4.74 Å². The van der Waals surface area contributed by atoms with Crippen LogP contribution in [0.2, 0.25) is 0 Å². The zero-order chi connectivity index (χ0) is 23.8. The minimum absolute atomic E-state index is 0.0807. The first-order valence-corrected chi connectivity index (χ1v) is 10.1. The Morgan fingerprint density at radius 2 is 1.76 bits per heavy atom. The van der Waals surface area contributed by atoms with Crippen LogP contribution in [0.3, 0.4) is 0 Å². The van der Waals surface area contributed by atoms with E-state index < -0.39 is 47.5 Å². The van der Waals surface area contributed by atoms with E-state index in [0.717, 1.165) is 30.5 Å². The van der Waals surface area contributed by atoms with Gasteiger partial charge in [-0.3, -0.25) is 4.79 Å². The van der Waals surface area contributed by atoms with Crippen LogP contribution in [0.5, 0.6) is 5.75 Å². The zero-order valence-electron chi connectivity index (χ0n) is 17.1. The highest BCUT2D eigenvalue weighted by molar-refractivity contribution is 5.67. The number of alkyl halides is 3. The molecular weight excluding hydrogens is 449 g/mol. The minimum Gasteiger partial charge on any atom is -0.483 e. The fourth-order valence-corrected chi connectivity index (χ4v) is 3.51. The van der Waals surface area contributed by atoms with Crippen LogP contribution >= 0.6 is 0 Å². The Morgan fingerprint density at radius 1 is 1.12 bits per heavy atom. The van der Waals surface area contributed by atoms with Crippen LogP contribution in [-0.4, -0.2) is 16.2 Å². The third kappa shape index (κ3) is 5.15. The molecule has 0 bridgehead atoms. The summed E-state index contributed by atoms with van der Waals surface area (Å²) in [5.74, 6) is -5.29. The molecule has 0 radical (unpaired) electrons. The summed E-state index contributed by atoms with van der Waals surface area (Å²) in [6.45, 7) is -0.847. The van der Waals surface area contributed by atoms with Crippen molar-refractivity contribution < 1.29 is 41.1 Å². The van der Waals surface area contributed by atoms with Gasteiger partial charge in [-0.25, -0.2) is 8.78 Å². The van der Waals surface area contributed by atoms with Gasteiger partial charge in [-0.1, -0.05) is 29.4 Å². The molecule has 0 saturated heterocycles. The van der Waals surface area contributed by atoms with Gasteiger partial charge < -0.3 is 14.4 Å². The number of ether oxygens (including phenoxy) is 1. The fourth-order valence-electron chi connectivity index (χ4n) is 3.51. The number of hydrogen-bond donors (Lipinski definition) is 1. The number of aliphatic carboxylic acids is 1. The average molecular weight is 467 g/mol. The van der Waals surface area contributed by atoms with E-state index in [0.29, 0.717) is 11.5 Å². The highest BCUT2D eigenvalue weighted by Gasteiger charge is 2.41. The number of nitrogens with zero attached hydrogens (tertiary/aromatic N) is 1. The van der Waals surface area contributed by atoms with E-state index in [1.54, 1.807) is 24.3 Å². The van der Waals surface area contributed by atoms with Crippen LogP contribution in [-0.2, 0) is 24.0 Å². The van der Waals surface area contributed by atoms with E-state index in [1.807, 2.05) is 0 Å². The van der Waals surface area contributed by atoms with Gasteiger partial charge in [-0.2, -0.15) is 13.2 Å². The molecule has 10 heteroatoms. The molecule has 3 aromatic rings. The molecule has 1 aromatic heterocycles. The summed E-state index contributed by atoms with van der Waals surface area (Å²) in [5.41, 5.74) is 0.876. The van der Waals surface area contributed by atoms with Gasteiger partial charge in [0.25, 0.3) is 0 Å². The first kappa shape index (κ1) is 22.8. The summed E-state index contributed by atoms with van der Waals surface area (Å²) in [6.07, 6.45) is -3.22. The molecule has 33 heavy (non-hydrogen) atoms. The predicted molar refractivity (Wildman–Crippen MR) is 106 cm³/mol. The lowest BCUT2D eigenvalue weighted by molar-refractivity contribution is -0.156. The summed E-state index contributed by atoms with van der Waals surface area (Å²) in [7, 11) is 0. The summed E-state index contributed by atoms with van der Waals surface area (Å²) in [5, 5.41) is 12.2. The number of aryl methyl sites for hydroxylation is 1. The third-order valence-electron chi connectivity index (χ3n) is 5.32. The van der Waals surface area contributed by atoms with E-state index in [1.165, 1.54) is 0 Å². The van der Waals surface area contributed by atoms with Crippen molar-refractivity contribution in [1.29, 1.82) is 0 Å². The van der Waals surface area contributed by atoms with E-state index in [9.17, 15) is 26.7 Å². The number of carboxylic acid groups (broad SMARTS) is 1. The van der Waals surface area contributed by atoms with Gasteiger partial charge in [-0.05, 0) is 48.4 Å². The van der Waals surface area contributed by atoms with Gasteiger partial charge in [0.05, 0.1) is 5.56 Å². The van der Waals surface area contributed by atoms with Gasteiger partial charge in [-0.15, -0.1) is 0 Å². The third-order valence-corrected chi connectivity index (χ3v) is 5.32. The number of benzene rings is 2. The van der Waals surface area contributed by atoms with Crippen LogP contribution in [0.25, 0.3) is 11.3 Å². The number of halogens is 5. The van der Waals surface area contributed by atoms with Crippen molar-refractivity contribution in [2.75, 3.05) is 0 Å². The number of aromatic nitrogens is 1. The lowest BCUT2D eigenvalue weighted by Crippen LogP contribution is -2.10. The molecule has 0 unspecified atom stereocenters. The lowest BCUT2D eigenvalue weighted by Gasteiger charge is -2.12. The smallest absolute Gasteiger partial charge is 0.452 e. The molecule has 0 amide bonds.